The van der Waals surface area contributed by atoms with E-state index in [0.29, 0.717) is 25.8 Å². The van der Waals surface area contributed by atoms with Gasteiger partial charge in [0.2, 0.25) is 17.7 Å². The third-order valence-electron chi connectivity index (χ3n) is 3.85. The summed E-state index contributed by atoms with van der Waals surface area (Å²) in [7, 11) is 0. The first kappa shape index (κ1) is 13.6. The Morgan fingerprint density at radius 3 is 2.67 bits per heavy atom. The van der Waals surface area contributed by atoms with Crippen LogP contribution in [0.25, 0.3) is 0 Å². The lowest BCUT2D eigenvalue weighted by molar-refractivity contribution is -0.126. The van der Waals surface area contributed by atoms with Gasteiger partial charge in [0, 0.05) is 25.1 Å². The first-order valence-corrected chi connectivity index (χ1v) is 7.08. The number of carbonyl (C=O) groups is 3. The Hall–Kier alpha value is -2.37. The van der Waals surface area contributed by atoms with E-state index in [1.807, 2.05) is 30.3 Å². The number of hydrogen-bond acceptors (Lipinski definition) is 3. The van der Waals surface area contributed by atoms with E-state index in [0.717, 1.165) is 5.69 Å². The summed E-state index contributed by atoms with van der Waals surface area (Å²) in [5, 5.41) is 5.49. The van der Waals surface area contributed by atoms with Crippen molar-refractivity contribution in [2.24, 2.45) is 0 Å². The zero-order chi connectivity index (χ0) is 14.8. The Labute approximate surface area is 122 Å². The second-order valence-corrected chi connectivity index (χ2v) is 5.41. The average Bonchev–Trinajstić information content (AvgIpc) is 3.06. The molecule has 1 aromatic carbocycles. The monoisotopic (exact) mass is 287 g/mol. The van der Waals surface area contributed by atoms with Crippen LogP contribution in [0.3, 0.4) is 0 Å². The van der Waals surface area contributed by atoms with Crippen molar-refractivity contribution in [3.63, 3.8) is 0 Å². The maximum Gasteiger partial charge on any atom is 0.242 e. The third-order valence-corrected chi connectivity index (χ3v) is 3.85. The van der Waals surface area contributed by atoms with E-state index in [9.17, 15) is 14.4 Å². The highest BCUT2D eigenvalue weighted by Gasteiger charge is 2.34. The van der Waals surface area contributed by atoms with Crippen LogP contribution in [-0.4, -0.2) is 36.3 Å². The van der Waals surface area contributed by atoms with Crippen molar-refractivity contribution in [1.82, 2.24) is 10.6 Å². The molecule has 0 saturated carbocycles. The van der Waals surface area contributed by atoms with E-state index in [-0.39, 0.29) is 23.8 Å². The van der Waals surface area contributed by atoms with Crippen LogP contribution in [0, 0.1) is 0 Å². The molecule has 3 amide bonds. The fourth-order valence-corrected chi connectivity index (χ4v) is 2.77. The minimum absolute atomic E-state index is 0.00181. The molecule has 0 aliphatic carbocycles. The van der Waals surface area contributed by atoms with Gasteiger partial charge in [-0.2, -0.15) is 0 Å². The molecule has 6 heteroatoms. The SMILES string of the molecule is O=C1CCC(C(=O)NC2CC(=O)N(c3ccccc3)C2)N1. The highest BCUT2D eigenvalue weighted by atomic mass is 16.2. The molecule has 2 N–H and O–H groups in total. The van der Waals surface area contributed by atoms with Crippen molar-refractivity contribution in [1.29, 1.82) is 0 Å². The molecular weight excluding hydrogens is 270 g/mol. The Kier molecular flexibility index (Phi) is 3.60. The maximum absolute atomic E-state index is 12.0. The number of anilines is 1. The van der Waals surface area contributed by atoms with Gasteiger partial charge < -0.3 is 15.5 Å². The molecule has 3 rings (SSSR count). The van der Waals surface area contributed by atoms with Gasteiger partial charge in [-0.25, -0.2) is 0 Å². The number of rotatable bonds is 3. The predicted molar refractivity (Wildman–Crippen MR) is 76.5 cm³/mol. The number of hydrogen-bond donors (Lipinski definition) is 2. The summed E-state index contributed by atoms with van der Waals surface area (Å²) in [5.74, 6) is -0.293. The van der Waals surface area contributed by atoms with Crippen LogP contribution < -0.4 is 15.5 Å². The fraction of sp³-hybridized carbons (Fsp3) is 0.400. The first-order valence-electron chi connectivity index (χ1n) is 7.08. The van der Waals surface area contributed by atoms with Gasteiger partial charge in [-0.05, 0) is 18.6 Å². The summed E-state index contributed by atoms with van der Waals surface area (Å²) in [4.78, 5) is 36.9. The third kappa shape index (κ3) is 2.89. The minimum atomic E-state index is -0.460. The summed E-state index contributed by atoms with van der Waals surface area (Å²) < 4.78 is 0. The smallest absolute Gasteiger partial charge is 0.242 e. The van der Waals surface area contributed by atoms with Gasteiger partial charge >= 0.3 is 0 Å². The molecule has 2 unspecified atom stereocenters. The number of nitrogens with zero attached hydrogens (tertiary/aromatic N) is 1. The normalized spacial score (nSPS) is 25.0. The summed E-state index contributed by atoms with van der Waals surface area (Å²) in [6.07, 6.45) is 1.20. The summed E-state index contributed by atoms with van der Waals surface area (Å²) in [6, 6.07) is 8.73. The molecule has 2 atom stereocenters. The molecule has 110 valence electrons. The molecule has 0 aromatic heterocycles. The minimum Gasteiger partial charge on any atom is -0.349 e. The van der Waals surface area contributed by atoms with Gasteiger partial charge in [-0.1, -0.05) is 18.2 Å². The summed E-state index contributed by atoms with van der Waals surface area (Å²) >= 11 is 0. The molecule has 2 saturated heterocycles. The largest absolute Gasteiger partial charge is 0.349 e. The number of para-hydroxylation sites is 1. The Balaban J connectivity index is 1.60. The lowest BCUT2D eigenvalue weighted by Gasteiger charge is -2.18. The molecule has 0 radical (unpaired) electrons. The number of nitrogens with one attached hydrogen (secondary N) is 2. The van der Waals surface area contributed by atoms with Gasteiger partial charge in [-0.15, -0.1) is 0 Å². The van der Waals surface area contributed by atoms with Crippen molar-refractivity contribution >= 4 is 23.4 Å². The van der Waals surface area contributed by atoms with Crippen LogP contribution in [0.1, 0.15) is 19.3 Å². The highest BCUT2D eigenvalue weighted by molar-refractivity contribution is 5.97. The maximum atomic E-state index is 12.0. The van der Waals surface area contributed by atoms with E-state index in [4.69, 9.17) is 0 Å². The predicted octanol–water partition coefficient (Wildman–Crippen LogP) is 0.187. The van der Waals surface area contributed by atoms with E-state index >= 15 is 0 Å². The zero-order valence-electron chi connectivity index (χ0n) is 11.5. The number of carbonyl (C=O) groups excluding carboxylic acids is 3. The molecule has 0 bridgehead atoms. The van der Waals surface area contributed by atoms with Crippen LogP contribution in [0.2, 0.25) is 0 Å². The standard InChI is InChI=1S/C15H17N3O3/c19-13-7-6-12(17-13)15(21)16-10-8-14(20)18(9-10)11-4-2-1-3-5-11/h1-5,10,12H,6-9H2,(H,16,21)(H,17,19). The highest BCUT2D eigenvalue weighted by Crippen LogP contribution is 2.21. The fourth-order valence-electron chi connectivity index (χ4n) is 2.77. The molecular formula is C15H17N3O3. The van der Waals surface area contributed by atoms with E-state index in [1.165, 1.54) is 0 Å². The van der Waals surface area contributed by atoms with Crippen LogP contribution in [0.4, 0.5) is 5.69 Å². The number of benzene rings is 1. The average molecular weight is 287 g/mol. The Morgan fingerprint density at radius 1 is 1.24 bits per heavy atom. The molecule has 2 aliphatic rings. The summed E-state index contributed by atoms with van der Waals surface area (Å²) in [5.41, 5.74) is 0.841. The summed E-state index contributed by atoms with van der Waals surface area (Å²) in [6.45, 7) is 0.468. The Morgan fingerprint density at radius 2 is 2.00 bits per heavy atom. The quantitative estimate of drug-likeness (QED) is 0.833. The van der Waals surface area contributed by atoms with Gasteiger partial charge in [0.1, 0.15) is 6.04 Å². The van der Waals surface area contributed by atoms with Gasteiger partial charge in [-0.3, -0.25) is 14.4 Å². The number of amides is 3. The lowest BCUT2D eigenvalue weighted by Crippen LogP contribution is -2.46. The molecule has 6 nitrogen and oxygen atoms in total. The lowest BCUT2D eigenvalue weighted by atomic mass is 10.2. The second kappa shape index (κ2) is 5.55. The van der Waals surface area contributed by atoms with Crippen LogP contribution in [0.5, 0.6) is 0 Å². The molecule has 1 aromatic rings. The second-order valence-electron chi connectivity index (χ2n) is 5.41. The topological polar surface area (TPSA) is 78.5 Å². The van der Waals surface area contributed by atoms with E-state index in [1.54, 1.807) is 4.90 Å². The Bertz CT molecular complexity index is 573. The van der Waals surface area contributed by atoms with Gasteiger partial charge in [0.25, 0.3) is 0 Å². The molecule has 0 spiro atoms. The van der Waals surface area contributed by atoms with Gasteiger partial charge in [0.15, 0.2) is 0 Å². The van der Waals surface area contributed by atoms with Crippen LogP contribution >= 0.6 is 0 Å². The van der Waals surface area contributed by atoms with E-state index in [2.05, 4.69) is 10.6 Å². The molecule has 2 heterocycles. The van der Waals surface area contributed by atoms with E-state index < -0.39 is 6.04 Å². The molecule has 2 aliphatic heterocycles. The first-order chi connectivity index (χ1) is 10.1. The van der Waals surface area contributed by atoms with Crippen LogP contribution in [0.15, 0.2) is 30.3 Å². The van der Waals surface area contributed by atoms with Gasteiger partial charge in [0.05, 0.1) is 6.04 Å². The zero-order valence-corrected chi connectivity index (χ0v) is 11.5. The van der Waals surface area contributed by atoms with Crippen LogP contribution in [-0.2, 0) is 14.4 Å². The molecule has 21 heavy (non-hydrogen) atoms. The van der Waals surface area contributed by atoms with Crippen molar-refractivity contribution in [3.8, 4) is 0 Å². The van der Waals surface area contributed by atoms with Crippen molar-refractivity contribution < 1.29 is 14.4 Å². The van der Waals surface area contributed by atoms with Crippen molar-refractivity contribution in [2.45, 2.75) is 31.3 Å². The molecule has 2 fully saturated rings. The van der Waals surface area contributed by atoms with Crippen molar-refractivity contribution in [3.05, 3.63) is 30.3 Å². The van der Waals surface area contributed by atoms with Crippen molar-refractivity contribution in [2.75, 3.05) is 11.4 Å².